The summed E-state index contributed by atoms with van der Waals surface area (Å²) in [5.74, 6) is 0.847. The lowest BCUT2D eigenvalue weighted by molar-refractivity contribution is 0.181. The highest BCUT2D eigenvalue weighted by molar-refractivity contribution is 9.10. The maximum absolute atomic E-state index is 4.98. The Kier molecular flexibility index (Phi) is 7.16. The van der Waals surface area contributed by atoms with Crippen LogP contribution in [0.2, 0.25) is 0 Å². The van der Waals surface area contributed by atoms with E-state index in [1.807, 2.05) is 12.4 Å². The quantitative estimate of drug-likeness (QED) is 0.330. The highest BCUT2D eigenvalue weighted by Crippen LogP contribution is 2.33. The summed E-state index contributed by atoms with van der Waals surface area (Å²) in [6, 6.07) is 9.69. The Labute approximate surface area is 230 Å². The third kappa shape index (κ3) is 5.38. The summed E-state index contributed by atoms with van der Waals surface area (Å²) in [6.07, 6.45) is 6.01. The van der Waals surface area contributed by atoms with Gasteiger partial charge in [-0.25, -0.2) is 15.0 Å². The van der Waals surface area contributed by atoms with Gasteiger partial charge in [0.05, 0.1) is 16.7 Å². The van der Waals surface area contributed by atoms with E-state index in [1.165, 1.54) is 10.7 Å². The molecule has 6 rings (SSSR count). The smallest absolute Gasteiger partial charge is 0.159 e. The second kappa shape index (κ2) is 10.7. The first-order valence-corrected chi connectivity index (χ1v) is 14.7. The number of piperidine rings is 1. The number of aromatic amines is 1. The van der Waals surface area contributed by atoms with Crippen LogP contribution < -0.4 is 10.2 Å². The minimum absolute atomic E-state index is 0.446. The second-order valence-corrected chi connectivity index (χ2v) is 12.1. The lowest BCUT2D eigenvalue weighted by Crippen LogP contribution is -2.51. The number of hydrogen-bond acceptors (Lipinski definition) is 8. The molecule has 0 spiro atoms. The van der Waals surface area contributed by atoms with Crippen LogP contribution in [-0.4, -0.2) is 81.6 Å². The van der Waals surface area contributed by atoms with E-state index in [9.17, 15) is 0 Å². The zero-order valence-corrected chi connectivity index (χ0v) is 23.7. The number of fused-ring (bicyclic) bond motifs is 1. The summed E-state index contributed by atoms with van der Waals surface area (Å²) in [7, 11) is 2.19. The topological polar surface area (TPSA) is 76.2 Å². The fourth-order valence-electron chi connectivity index (χ4n) is 5.36. The van der Waals surface area contributed by atoms with Gasteiger partial charge >= 0.3 is 0 Å². The van der Waals surface area contributed by atoms with Gasteiger partial charge in [-0.3, -0.25) is 4.90 Å². The van der Waals surface area contributed by atoms with Gasteiger partial charge in [0.2, 0.25) is 0 Å². The molecule has 1 unspecified atom stereocenters. The lowest BCUT2D eigenvalue weighted by Gasteiger charge is -2.40. The van der Waals surface area contributed by atoms with Crippen molar-refractivity contribution in [2.45, 2.75) is 38.4 Å². The van der Waals surface area contributed by atoms with Crippen molar-refractivity contribution in [3.63, 3.8) is 0 Å². The number of rotatable bonds is 6. The van der Waals surface area contributed by atoms with Crippen LogP contribution in [0.1, 0.15) is 24.8 Å². The Morgan fingerprint density at radius 1 is 1.11 bits per heavy atom. The van der Waals surface area contributed by atoms with Gasteiger partial charge in [0.25, 0.3) is 0 Å². The number of aromatic nitrogens is 4. The molecule has 1 aromatic carbocycles. The molecule has 3 aromatic heterocycles. The first-order chi connectivity index (χ1) is 18.0. The standard InChI is InChI=1S/C27H33BrN8S/c1-18-16-36(13-12-35(18)17-23-29-9-14-37-23)21-5-3-19(4-6-21)26-32-25-24(22(28)15-30-27(25)33-26)31-20-7-10-34(2)11-8-20/h3-6,9,14-15,18,20H,7-8,10-13,16-17H2,1-2H3,(H2,30,31,32,33). The van der Waals surface area contributed by atoms with Crippen LogP contribution in [-0.2, 0) is 6.54 Å². The zero-order valence-electron chi connectivity index (χ0n) is 21.3. The van der Waals surface area contributed by atoms with Gasteiger partial charge in [0, 0.05) is 60.7 Å². The maximum Gasteiger partial charge on any atom is 0.159 e. The summed E-state index contributed by atoms with van der Waals surface area (Å²) in [6.45, 7) is 8.55. The minimum atomic E-state index is 0.446. The molecule has 2 aliphatic rings. The van der Waals surface area contributed by atoms with Crippen LogP contribution in [0.3, 0.4) is 0 Å². The molecular weight excluding hydrogens is 548 g/mol. The Morgan fingerprint density at radius 2 is 1.92 bits per heavy atom. The first-order valence-electron chi connectivity index (χ1n) is 13.0. The predicted octanol–water partition coefficient (Wildman–Crippen LogP) is 5.06. The van der Waals surface area contributed by atoms with Crippen LogP contribution in [0, 0.1) is 0 Å². The van der Waals surface area contributed by atoms with Crippen LogP contribution in [0.4, 0.5) is 11.4 Å². The Bertz CT molecular complexity index is 1330. The van der Waals surface area contributed by atoms with Gasteiger partial charge in [-0.15, -0.1) is 11.3 Å². The molecular formula is C27H33BrN8S. The summed E-state index contributed by atoms with van der Waals surface area (Å²) in [5.41, 5.74) is 5.05. The molecule has 10 heteroatoms. The molecule has 0 aliphatic carbocycles. The number of likely N-dealkylation sites (tertiary alicyclic amines) is 1. The van der Waals surface area contributed by atoms with E-state index in [4.69, 9.17) is 4.98 Å². The highest BCUT2D eigenvalue weighted by atomic mass is 79.9. The van der Waals surface area contributed by atoms with Crippen molar-refractivity contribution < 1.29 is 0 Å². The zero-order chi connectivity index (χ0) is 25.4. The van der Waals surface area contributed by atoms with Gasteiger partial charge < -0.3 is 20.1 Å². The largest absolute Gasteiger partial charge is 0.379 e. The van der Waals surface area contributed by atoms with Gasteiger partial charge in [-0.2, -0.15) is 0 Å². The molecule has 0 bridgehead atoms. The monoisotopic (exact) mass is 580 g/mol. The number of thiazole rings is 1. The fraction of sp³-hybridized carbons (Fsp3) is 0.444. The van der Waals surface area contributed by atoms with Crippen LogP contribution in [0.5, 0.6) is 0 Å². The van der Waals surface area contributed by atoms with E-state index in [-0.39, 0.29) is 0 Å². The number of nitrogens with one attached hydrogen (secondary N) is 2. The Hall–Kier alpha value is -2.53. The number of nitrogens with zero attached hydrogens (tertiary/aromatic N) is 6. The molecule has 8 nitrogen and oxygen atoms in total. The summed E-state index contributed by atoms with van der Waals surface area (Å²) in [4.78, 5) is 24.9. The maximum atomic E-state index is 4.98. The van der Waals surface area contributed by atoms with Crippen LogP contribution >= 0.6 is 27.3 Å². The summed E-state index contributed by atoms with van der Waals surface area (Å²) in [5, 5.41) is 6.99. The number of pyridine rings is 1. The predicted molar refractivity (Wildman–Crippen MR) is 155 cm³/mol. The summed E-state index contributed by atoms with van der Waals surface area (Å²) < 4.78 is 0.954. The number of anilines is 2. The normalized spacial score (nSPS) is 20.1. The summed E-state index contributed by atoms with van der Waals surface area (Å²) >= 11 is 5.44. The molecule has 5 heterocycles. The van der Waals surface area contributed by atoms with E-state index in [0.717, 1.165) is 84.8 Å². The van der Waals surface area contributed by atoms with Crippen molar-refractivity contribution in [2.24, 2.45) is 0 Å². The van der Waals surface area contributed by atoms with Gasteiger partial charge in [-0.1, -0.05) is 0 Å². The van der Waals surface area contributed by atoms with Gasteiger partial charge in [0.1, 0.15) is 16.3 Å². The molecule has 0 radical (unpaired) electrons. The molecule has 0 saturated carbocycles. The van der Waals surface area contributed by atoms with Crippen LogP contribution in [0.15, 0.2) is 46.5 Å². The van der Waals surface area contributed by atoms with E-state index >= 15 is 0 Å². The number of imidazole rings is 1. The van der Waals surface area contributed by atoms with Gasteiger partial charge in [0.15, 0.2) is 5.65 Å². The highest BCUT2D eigenvalue weighted by Gasteiger charge is 2.25. The minimum Gasteiger partial charge on any atom is -0.379 e. The molecule has 2 N–H and O–H groups in total. The third-order valence-electron chi connectivity index (χ3n) is 7.63. The third-order valence-corrected chi connectivity index (χ3v) is 8.99. The number of halogens is 1. The number of piperazine rings is 1. The van der Waals surface area contributed by atoms with Crippen molar-refractivity contribution >= 4 is 49.8 Å². The lowest BCUT2D eigenvalue weighted by atomic mass is 10.1. The fourth-order valence-corrected chi connectivity index (χ4v) is 6.41. The van der Waals surface area contributed by atoms with Gasteiger partial charge in [-0.05, 0) is 80.1 Å². The van der Waals surface area contributed by atoms with Crippen molar-refractivity contribution in [3.8, 4) is 11.4 Å². The Morgan fingerprint density at radius 3 is 2.65 bits per heavy atom. The molecule has 1 atom stereocenters. The van der Waals surface area contributed by atoms with E-state index in [0.29, 0.717) is 12.1 Å². The average Bonchev–Trinajstić information content (AvgIpc) is 3.59. The van der Waals surface area contributed by atoms with Crippen molar-refractivity contribution in [1.29, 1.82) is 0 Å². The van der Waals surface area contributed by atoms with Crippen molar-refractivity contribution in [2.75, 3.05) is 50.0 Å². The number of hydrogen-bond donors (Lipinski definition) is 2. The number of benzene rings is 1. The number of H-pyrrole nitrogens is 1. The van der Waals surface area contributed by atoms with Crippen molar-refractivity contribution in [1.82, 2.24) is 29.7 Å². The second-order valence-electron chi connectivity index (χ2n) is 10.2. The van der Waals surface area contributed by atoms with Crippen LogP contribution in [0.25, 0.3) is 22.6 Å². The Balaban J connectivity index is 1.16. The van der Waals surface area contributed by atoms with E-state index < -0.39 is 0 Å². The molecule has 2 aliphatic heterocycles. The van der Waals surface area contributed by atoms with Crippen molar-refractivity contribution in [3.05, 3.63) is 51.5 Å². The molecule has 194 valence electrons. The van der Waals surface area contributed by atoms with E-state index in [1.54, 1.807) is 11.3 Å². The molecule has 0 amide bonds. The average molecular weight is 582 g/mol. The molecule has 4 aromatic rings. The van der Waals surface area contributed by atoms with E-state index in [2.05, 4.69) is 94.5 Å². The molecule has 2 saturated heterocycles. The molecule has 37 heavy (non-hydrogen) atoms. The molecule has 2 fully saturated rings. The SMILES string of the molecule is CC1CN(c2ccc(-c3nc4c(NC5CCN(C)CC5)c(Br)cnc4[nH]3)cc2)CCN1Cc1nccs1. The first kappa shape index (κ1) is 24.8.